The van der Waals surface area contributed by atoms with Crippen molar-refractivity contribution in [3.05, 3.63) is 11.4 Å². The van der Waals surface area contributed by atoms with Crippen molar-refractivity contribution in [1.82, 2.24) is 19.4 Å². The Kier molecular flexibility index (Phi) is 5.08. The number of piperazine rings is 1. The van der Waals surface area contributed by atoms with Crippen LogP contribution >= 0.6 is 0 Å². The second kappa shape index (κ2) is 6.91. The average Bonchev–Trinajstić information content (AvgIpc) is 2.75. The summed E-state index contributed by atoms with van der Waals surface area (Å²) in [5.41, 5.74) is 1.20. The number of aromatic amines is 1. The Labute approximate surface area is 139 Å². The van der Waals surface area contributed by atoms with Gasteiger partial charge in [-0.25, -0.2) is 8.42 Å². The zero-order valence-corrected chi connectivity index (χ0v) is 15.0. The van der Waals surface area contributed by atoms with Crippen LogP contribution in [0.5, 0.6) is 0 Å². The SMILES string of the molecule is Cc1n[nH]c(C)c1S(=O)(=O)N1CCN(C2CCCCCC2)CC1. The lowest BCUT2D eigenvalue weighted by Crippen LogP contribution is -2.51. The van der Waals surface area contributed by atoms with E-state index in [1.807, 2.05) is 0 Å². The first kappa shape index (κ1) is 16.9. The van der Waals surface area contributed by atoms with Crippen LogP contribution in [-0.2, 0) is 10.0 Å². The van der Waals surface area contributed by atoms with E-state index in [0.29, 0.717) is 35.4 Å². The van der Waals surface area contributed by atoms with E-state index in [9.17, 15) is 8.42 Å². The molecule has 0 spiro atoms. The Bertz CT molecular complexity index is 605. The van der Waals surface area contributed by atoms with Crippen molar-refractivity contribution in [2.45, 2.75) is 63.3 Å². The molecule has 1 saturated carbocycles. The molecule has 0 radical (unpaired) electrons. The fourth-order valence-corrected chi connectivity index (χ4v) is 5.74. The van der Waals surface area contributed by atoms with Crippen LogP contribution in [0.1, 0.15) is 49.9 Å². The van der Waals surface area contributed by atoms with Gasteiger partial charge >= 0.3 is 0 Å². The van der Waals surface area contributed by atoms with Crippen LogP contribution in [0.4, 0.5) is 0 Å². The molecule has 6 nitrogen and oxygen atoms in total. The zero-order valence-electron chi connectivity index (χ0n) is 14.2. The lowest BCUT2D eigenvalue weighted by molar-refractivity contribution is 0.126. The van der Waals surface area contributed by atoms with E-state index in [1.165, 1.54) is 38.5 Å². The molecule has 3 rings (SSSR count). The number of hydrogen-bond acceptors (Lipinski definition) is 4. The summed E-state index contributed by atoms with van der Waals surface area (Å²) in [5.74, 6) is 0. The largest absolute Gasteiger partial charge is 0.298 e. The quantitative estimate of drug-likeness (QED) is 0.855. The predicted octanol–water partition coefficient (Wildman–Crippen LogP) is 2.06. The minimum absolute atomic E-state index is 0.361. The van der Waals surface area contributed by atoms with Crippen LogP contribution in [-0.4, -0.2) is 60.0 Å². The molecule has 1 aliphatic carbocycles. The molecule has 23 heavy (non-hydrogen) atoms. The second-order valence-electron chi connectivity index (χ2n) is 6.85. The van der Waals surface area contributed by atoms with Crippen LogP contribution in [0.15, 0.2) is 4.90 Å². The molecule has 0 bridgehead atoms. The molecule has 1 aromatic rings. The molecule has 7 heteroatoms. The third-order valence-electron chi connectivity index (χ3n) is 5.27. The molecular weight excluding hydrogens is 312 g/mol. The first-order valence-electron chi connectivity index (χ1n) is 8.76. The normalized spacial score (nSPS) is 23.0. The van der Waals surface area contributed by atoms with E-state index in [-0.39, 0.29) is 0 Å². The van der Waals surface area contributed by atoms with Crippen molar-refractivity contribution in [2.75, 3.05) is 26.2 Å². The molecule has 2 heterocycles. The highest BCUT2D eigenvalue weighted by Gasteiger charge is 2.33. The molecule has 0 unspecified atom stereocenters. The number of nitrogens with zero attached hydrogens (tertiary/aromatic N) is 3. The smallest absolute Gasteiger partial charge is 0.246 e. The molecular formula is C16H28N4O2S. The summed E-state index contributed by atoms with van der Waals surface area (Å²) in [6.07, 6.45) is 7.88. The number of rotatable bonds is 3. The summed E-state index contributed by atoms with van der Waals surface area (Å²) < 4.78 is 27.4. The van der Waals surface area contributed by atoms with Crippen LogP contribution < -0.4 is 0 Å². The summed E-state index contributed by atoms with van der Waals surface area (Å²) in [6.45, 7) is 6.39. The van der Waals surface area contributed by atoms with Crippen molar-refractivity contribution < 1.29 is 8.42 Å². The number of H-pyrrole nitrogens is 1. The summed E-state index contributed by atoms with van der Waals surface area (Å²) in [7, 11) is -3.43. The maximum absolute atomic E-state index is 12.9. The van der Waals surface area contributed by atoms with Crippen molar-refractivity contribution in [1.29, 1.82) is 0 Å². The van der Waals surface area contributed by atoms with Gasteiger partial charge in [0.1, 0.15) is 4.90 Å². The van der Waals surface area contributed by atoms with Gasteiger partial charge in [0.2, 0.25) is 10.0 Å². The minimum Gasteiger partial charge on any atom is -0.298 e. The van der Waals surface area contributed by atoms with Gasteiger partial charge in [0, 0.05) is 32.2 Å². The molecule has 1 aromatic heterocycles. The average molecular weight is 340 g/mol. The van der Waals surface area contributed by atoms with E-state index in [2.05, 4.69) is 15.1 Å². The van der Waals surface area contributed by atoms with Crippen LogP contribution in [0.25, 0.3) is 0 Å². The van der Waals surface area contributed by atoms with Gasteiger partial charge in [0.25, 0.3) is 0 Å². The van der Waals surface area contributed by atoms with E-state index in [1.54, 1.807) is 18.2 Å². The van der Waals surface area contributed by atoms with Gasteiger partial charge in [-0.1, -0.05) is 25.7 Å². The second-order valence-corrected chi connectivity index (χ2v) is 8.72. The van der Waals surface area contributed by atoms with Crippen LogP contribution in [0.2, 0.25) is 0 Å². The molecule has 2 fully saturated rings. The van der Waals surface area contributed by atoms with Gasteiger partial charge in [-0.15, -0.1) is 0 Å². The molecule has 1 aliphatic heterocycles. The minimum atomic E-state index is -3.43. The fraction of sp³-hybridized carbons (Fsp3) is 0.812. The number of sulfonamides is 1. The van der Waals surface area contributed by atoms with E-state index in [0.717, 1.165) is 13.1 Å². The molecule has 0 aromatic carbocycles. The van der Waals surface area contributed by atoms with Gasteiger partial charge in [-0.05, 0) is 26.7 Å². The molecule has 0 atom stereocenters. The maximum Gasteiger partial charge on any atom is 0.246 e. The summed E-state index contributed by atoms with van der Waals surface area (Å²) in [4.78, 5) is 2.87. The Balaban J connectivity index is 1.66. The van der Waals surface area contributed by atoms with Crippen LogP contribution in [0, 0.1) is 13.8 Å². The van der Waals surface area contributed by atoms with E-state index >= 15 is 0 Å². The topological polar surface area (TPSA) is 69.3 Å². The number of hydrogen-bond donors (Lipinski definition) is 1. The van der Waals surface area contributed by atoms with Crippen molar-refractivity contribution in [3.8, 4) is 0 Å². The highest BCUT2D eigenvalue weighted by Crippen LogP contribution is 2.26. The van der Waals surface area contributed by atoms with E-state index < -0.39 is 10.0 Å². The fourth-order valence-electron chi connectivity index (χ4n) is 3.98. The molecule has 0 amide bonds. The van der Waals surface area contributed by atoms with E-state index in [4.69, 9.17) is 0 Å². The highest BCUT2D eigenvalue weighted by atomic mass is 32.2. The van der Waals surface area contributed by atoms with Gasteiger partial charge in [-0.2, -0.15) is 9.40 Å². The third kappa shape index (κ3) is 3.46. The molecule has 1 saturated heterocycles. The standard InChI is InChI=1S/C16H28N4O2S/c1-13-16(14(2)18-17-13)23(21,22)20-11-9-19(10-12-20)15-7-5-3-4-6-8-15/h15H,3-12H2,1-2H3,(H,17,18). The first-order valence-corrected chi connectivity index (χ1v) is 10.2. The Hall–Kier alpha value is -0.920. The Morgan fingerprint density at radius 2 is 1.61 bits per heavy atom. The Morgan fingerprint density at radius 1 is 1.00 bits per heavy atom. The van der Waals surface area contributed by atoms with Gasteiger partial charge in [0.05, 0.1) is 11.4 Å². The summed E-state index contributed by atoms with van der Waals surface area (Å²) in [5, 5.41) is 6.82. The maximum atomic E-state index is 12.9. The van der Waals surface area contributed by atoms with Crippen molar-refractivity contribution in [3.63, 3.8) is 0 Å². The molecule has 1 N–H and O–H groups in total. The molecule has 2 aliphatic rings. The number of aromatic nitrogens is 2. The lowest BCUT2D eigenvalue weighted by Gasteiger charge is -2.38. The van der Waals surface area contributed by atoms with Gasteiger partial charge < -0.3 is 0 Å². The monoisotopic (exact) mass is 340 g/mol. The highest BCUT2D eigenvalue weighted by molar-refractivity contribution is 7.89. The number of nitrogens with one attached hydrogen (secondary N) is 1. The first-order chi connectivity index (χ1) is 11.0. The zero-order chi connectivity index (χ0) is 16.4. The van der Waals surface area contributed by atoms with Crippen molar-refractivity contribution in [2.24, 2.45) is 0 Å². The van der Waals surface area contributed by atoms with Gasteiger partial charge in [-0.3, -0.25) is 10.00 Å². The Morgan fingerprint density at radius 3 is 2.13 bits per heavy atom. The van der Waals surface area contributed by atoms with Crippen LogP contribution in [0.3, 0.4) is 0 Å². The van der Waals surface area contributed by atoms with Gasteiger partial charge in [0.15, 0.2) is 0 Å². The summed E-state index contributed by atoms with van der Waals surface area (Å²) >= 11 is 0. The molecule has 130 valence electrons. The summed E-state index contributed by atoms with van der Waals surface area (Å²) in [6, 6.07) is 0.653. The van der Waals surface area contributed by atoms with Crippen molar-refractivity contribution >= 4 is 10.0 Å². The third-order valence-corrected chi connectivity index (χ3v) is 7.44. The predicted molar refractivity (Wildman–Crippen MR) is 89.9 cm³/mol. The number of aryl methyl sites for hydroxylation is 2. The lowest BCUT2D eigenvalue weighted by atomic mass is 10.1.